The van der Waals surface area contributed by atoms with E-state index in [1.165, 1.54) is 0 Å². The topological polar surface area (TPSA) is 61.6 Å². The molecule has 0 saturated carbocycles. The summed E-state index contributed by atoms with van der Waals surface area (Å²) in [5.74, 6) is 2.30. The summed E-state index contributed by atoms with van der Waals surface area (Å²) in [7, 11) is 5.32. The quantitative estimate of drug-likeness (QED) is 0.835. The Bertz CT molecular complexity index is 765. The number of anilines is 2. The maximum atomic E-state index is 9.30. The number of ether oxygens (including phenoxy) is 2. The summed E-state index contributed by atoms with van der Waals surface area (Å²) < 4.78 is 10.7. The molecule has 0 amide bonds. The van der Waals surface area contributed by atoms with Crippen LogP contribution in [0.2, 0.25) is 0 Å². The maximum absolute atomic E-state index is 9.30. The summed E-state index contributed by atoms with van der Waals surface area (Å²) in [6.07, 6.45) is 2.73. The molecule has 0 bridgehead atoms. The highest BCUT2D eigenvalue weighted by Crippen LogP contribution is 2.32. The van der Waals surface area contributed by atoms with Crippen molar-refractivity contribution in [2.24, 2.45) is 0 Å². The molecule has 3 rings (SSSR count). The molecule has 0 N–H and O–H groups in total. The number of hydrogen-bond acceptors (Lipinski definition) is 6. The molecule has 2 heterocycles. The number of hydrogen-bond donors (Lipinski definition) is 0. The molecule has 1 fully saturated rings. The molecule has 1 atom stereocenters. The van der Waals surface area contributed by atoms with Crippen LogP contribution in [0.1, 0.15) is 12.0 Å². The van der Waals surface area contributed by atoms with E-state index in [-0.39, 0.29) is 0 Å². The normalized spacial score (nSPS) is 16.4. The number of nitrogens with zero attached hydrogens (tertiary/aromatic N) is 4. The Balaban J connectivity index is 1.79. The van der Waals surface area contributed by atoms with Crippen LogP contribution in [0, 0.1) is 11.3 Å². The highest BCUT2D eigenvalue weighted by molar-refractivity contribution is 5.58. The van der Waals surface area contributed by atoms with E-state index in [0.29, 0.717) is 11.6 Å². The van der Waals surface area contributed by atoms with Crippen molar-refractivity contribution in [3.63, 3.8) is 0 Å². The lowest BCUT2D eigenvalue weighted by molar-refractivity contribution is 0.394. The summed E-state index contributed by atoms with van der Waals surface area (Å²) in [6, 6.07) is 12.0. The first-order valence-electron chi connectivity index (χ1n) is 8.22. The Labute approximate surface area is 148 Å². The zero-order valence-corrected chi connectivity index (χ0v) is 14.8. The predicted molar refractivity (Wildman–Crippen MR) is 97.5 cm³/mol. The van der Waals surface area contributed by atoms with Gasteiger partial charge in [0.05, 0.1) is 19.8 Å². The van der Waals surface area contributed by atoms with Crippen LogP contribution in [0.15, 0.2) is 36.5 Å². The molecule has 1 saturated heterocycles. The smallest absolute Gasteiger partial charge is 0.146 e. The predicted octanol–water partition coefficient (Wildman–Crippen LogP) is 2.69. The van der Waals surface area contributed by atoms with E-state index < -0.39 is 0 Å². The lowest BCUT2D eigenvalue weighted by Gasteiger charge is -2.27. The molecule has 2 aromatic rings. The standard InChI is InChI=1S/C19H22N4O2/c1-22(19-14(12-20)5-4-7-21-19)15-6-8-23(13-15)16-9-17(24-2)11-18(10-16)25-3/h4-5,7,9-11,15H,6,8,13H2,1-3H3. The van der Waals surface area contributed by atoms with Gasteiger partial charge in [0.25, 0.3) is 0 Å². The van der Waals surface area contributed by atoms with E-state index in [1.54, 1.807) is 32.5 Å². The third kappa shape index (κ3) is 3.45. The molecule has 1 aromatic carbocycles. The number of methoxy groups -OCH3 is 2. The fourth-order valence-corrected chi connectivity index (χ4v) is 3.21. The molecule has 25 heavy (non-hydrogen) atoms. The molecule has 0 spiro atoms. The number of rotatable bonds is 5. The van der Waals surface area contributed by atoms with Gasteiger partial charge in [-0.3, -0.25) is 0 Å². The highest BCUT2D eigenvalue weighted by Gasteiger charge is 2.28. The second-order valence-corrected chi connectivity index (χ2v) is 6.06. The van der Waals surface area contributed by atoms with Crippen molar-refractivity contribution in [1.29, 1.82) is 5.26 Å². The highest BCUT2D eigenvalue weighted by atomic mass is 16.5. The van der Waals surface area contributed by atoms with Crippen molar-refractivity contribution >= 4 is 11.5 Å². The minimum absolute atomic E-state index is 0.291. The van der Waals surface area contributed by atoms with Crippen molar-refractivity contribution in [3.8, 4) is 17.6 Å². The van der Waals surface area contributed by atoms with Crippen LogP contribution >= 0.6 is 0 Å². The number of aromatic nitrogens is 1. The van der Waals surface area contributed by atoms with Crippen LogP contribution in [0.4, 0.5) is 11.5 Å². The molecule has 1 unspecified atom stereocenters. The van der Waals surface area contributed by atoms with Crippen LogP contribution < -0.4 is 19.3 Å². The summed E-state index contributed by atoms with van der Waals surface area (Å²) >= 11 is 0. The van der Waals surface area contributed by atoms with Crippen molar-refractivity contribution in [1.82, 2.24) is 4.98 Å². The zero-order valence-electron chi connectivity index (χ0n) is 14.8. The van der Waals surface area contributed by atoms with Crippen LogP contribution in [-0.4, -0.2) is 45.4 Å². The average Bonchev–Trinajstić information content (AvgIpc) is 3.17. The fraction of sp³-hybridized carbons (Fsp3) is 0.368. The lowest BCUT2D eigenvalue weighted by atomic mass is 10.2. The van der Waals surface area contributed by atoms with E-state index in [1.807, 2.05) is 25.2 Å². The molecule has 6 heteroatoms. The Kier molecular flexibility index (Phi) is 4.94. The first-order chi connectivity index (χ1) is 12.2. The minimum atomic E-state index is 0.291. The van der Waals surface area contributed by atoms with E-state index in [0.717, 1.165) is 42.5 Å². The molecular formula is C19H22N4O2. The van der Waals surface area contributed by atoms with Crippen molar-refractivity contribution < 1.29 is 9.47 Å². The summed E-state index contributed by atoms with van der Waals surface area (Å²) in [5, 5.41) is 9.30. The molecule has 1 aliphatic heterocycles. The zero-order chi connectivity index (χ0) is 17.8. The van der Waals surface area contributed by atoms with E-state index in [4.69, 9.17) is 9.47 Å². The van der Waals surface area contributed by atoms with Gasteiger partial charge in [0.1, 0.15) is 23.4 Å². The SMILES string of the molecule is COc1cc(OC)cc(N2CCC(N(C)c3ncccc3C#N)C2)c1. The van der Waals surface area contributed by atoms with Crippen molar-refractivity contribution in [2.75, 3.05) is 44.2 Å². The van der Waals surface area contributed by atoms with Gasteiger partial charge in [-0.2, -0.15) is 5.26 Å². The van der Waals surface area contributed by atoms with Crippen LogP contribution in [0.25, 0.3) is 0 Å². The van der Waals surface area contributed by atoms with Gasteiger partial charge in [-0.1, -0.05) is 0 Å². The first kappa shape index (κ1) is 16.9. The van der Waals surface area contributed by atoms with Gasteiger partial charge >= 0.3 is 0 Å². The minimum Gasteiger partial charge on any atom is -0.497 e. The molecule has 0 aliphatic carbocycles. The van der Waals surface area contributed by atoms with Gasteiger partial charge in [0.15, 0.2) is 0 Å². The Morgan fingerprint density at radius 1 is 1.24 bits per heavy atom. The first-order valence-corrected chi connectivity index (χ1v) is 8.22. The van der Waals surface area contributed by atoms with Gasteiger partial charge in [-0.15, -0.1) is 0 Å². The van der Waals surface area contributed by atoms with Crippen molar-refractivity contribution in [3.05, 3.63) is 42.1 Å². The van der Waals surface area contributed by atoms with Gasteiger partial charge in [-0.05, 0) is 18.6 Å². The van der Waals surface area contributed by atoms with Crippen molar-refractivity contribution in [2.45, 2.75) is 12.5 Å². The van der Waals surface area contributed by atoms with Gasteiger partial charge in [-0.25, -0.2) is 4.98 Å². The third-order valence-corrected chi connectivity index (χ3v) is 4.65. The summed E-state index contributed by atoms with van der Waals surface area (Å²) in [4.78, 5) is 8.81. The Morgan fingerprint density at radius 3 is 2.60 bits per heavy atom. The number of nitriles is 1. The maximum Gasteiger partial charge on any atom is 0.146 e. The second kappa shape index (κ2) is 7.31. The van der Waals surface area contributed by atoms with E-state index >= 15 is 0 Å². The average molecular weight is 338 g/mol. The van der Waals surface area contributed by atoms with Crippen LogP contribution in [0.3, 0.4) is 0 Å². The van der Waals surface area contributed by atoms with Crippen LogP contribution in [-0.2, 0) is 0 Å². The lowest BCUT2D eigenvalue weighted by Crippen LogP contribution is -2.35. The molecular weight excluding hydrogens is 316 g/mol. The summed E-state index contributed by atoms with van der Waals surface area (Å²) in [6.45, 7) is 1.79. The Morgan fingerprint density at radius 2 is 1.96 bits per heavy atom. The number of pyridine rings is 1. The van der Waals surface area contributed by atoms with Crippen LogP contribution in [0.5, 0.6) is 11.5 Å². The molecule has 130 valence electrons. The number of benzene rings is 1. The molecule has 1 aliphatic rings. The molecule has 6 nitrogen and oxygen atoms in total. The van der Waals surface area contributed by atoms with E-state index in [9.17, 15) is 5.26 Å². The number of likely N-dealkylation sites (N-methyl/N-ethyl adjacent to an activating group) is 1. The monoisotopic (exact) mass is 338 g/mol. The van der Waals surface area contributed by atoms with E-state index in [2.05, 4.69) is 20.9 Å². The Hall–Kier alpha value is -2.94. The van der Waals surface area contributed by atoms with Gasteiger partial charge < -0.3 is 19.3 Å². The second-order valence-electron chi connectivity index (χ2n) is 6.06. The summed E-state index contributed by atoms with van der Waals surface area (Å²) in [5.41, 5.74) is 1.68. The molecule has 1 aromatic heterocycles. The molecule has 0 radical (unpaired) electrons. The van der Waals surface area contributed by atoms with Gasteiger partial charge in [0, 0.05) is 56.3 Å². The largest absolute Gasteiger partial charge is 0.497 e. The fourth-order valence-electron chi connectivity index (χ4n) is 3.21. The van der Waals surface area contributed by atoms with Gasteiger partial charge in [0.2, 0.25) is 0 Å². The third-order valence-electron chi connectivity index (χ3n) is 4.65.